The zero-order valence-electron chi connectivity index (χ0n) is 10.3. The number of nitrogen functional groups attached to an aromatic ring is 1. The van der Waals surface area contributed by atoms with Crippen LogP contribution in [0.1, 0.15) is 11.1 Å². The summed E-state index contributed by atoms with van der Waals surface area (Å²) in [6, 6.07) is 2.88. The molecule has 1 aromatic carbocycles. The second-order valence-corrected chi connectivity index (χ2v) is 5.91. The van der Waals surface area contributed by atoms with Gasteiger partial charge in [-0.25, -0.2) is 13.1 Å². The summed E-state index contributed by atoms with van der Waals surface area (Å²) in [7, 11) is -3.73. The molecule has 0 bridgehead atoms. The minimum absolute atomic E-state index is 0.0493. The maximum Gasteiger partial charge on any atom is 0.240 e. The molecule has 102 valence electrons. The molecule has 18 heavy (non-hydrogen) atoms. The van der Waals surface area contributed by atoms with Crippen LogP contribution in [0.15, 0.2) is 17.0 Å². The van der Waals surface area contributed by atoms with Crippen LogP contribution in [0.2, 0.25) is 0 Å². The summed E-state index contributed by atoms with van der Waals surface area (Å²) >= 11 is 0. The van der Waals surface area contributed by atoms with E-state index in [2.05, 4.69) is 4.72 Å². The van der Waals surface area contributed by atoms with E-state index in [0.717, 1.165) is 11.1 Å². The van der Waals surface area contributed by atoms with Crippen molar-refractivity contribution in [2.24, 2.45) is 0 Å². The maximum absolute atomic E-state index is 11.9. The lowest BCUT2D eigenvalue weighted by Gasteiger charge is -2.12. The van der Waals surface area contributed by atoms with Gasteiger partial charge < -0.3 is 15.9 Å². The summed E-state index contributed by atoms with van der Waals surface area (Å²) < 4.78 is 26.0. The molecule has 0 aromatic heterocycles. The fourth-order valence-electron chi connectivity index (χ4n) is 1.36. The number of nitrogens with one attached hydrogen (secondary N) is 1. The Kier molecular flexibility index (Phi) is 4.69. The molecule has 7 heteroatoms. The van der Waals surface area contributed by atoms with E-state index < -0.39 is 22.7 Å². The number of nitrogens with two attached hydrogens (primary N) is 1. The molecular formula is C11H18N2O4S. The lowest BCUT2D eigenvalue weighted by molar-refractivity contribution is 0.0988. The van der Waals surface area contributed by atoms with Crippen LogP contribution in [0.25, 0.3) is 0 Å². The van der Waals surface area contributed by atoms with Gasteiger partial charge in [0.1, 0.15) is 0 Å². The number of hydrogen-bond acceptors (Lipinski definition) is 5. The quantitative estimate of drug-likeness (QED) is 0.542. The Morgan fingerprint density at radius 2 is 2.00 bits per heavy atom. The highest BCUT2D eigenvalue weighted by atomic mass is 32.2. The van der Waals surface area contributed by atoms with Crippen molar-refractivity contribution >= 4 is 15.7 Å². The summed E-state index contributed by atoms with van der Waals surface area (Å²) in [5.41, 5.74) is 7.73. The third kappa shape index (κ3) is 3.42. The van der Waals surface area contributed by atoms with Crippen LogP contribution in [0.3, 0.4) is 0 Å². The Hall–Kier alpha value is -1.15. The summed E-state index contributed by atoms with van der Waals surface area (Å²) in [5, 5.41) is 17.7. The smallest absolute Gasteiger partial charge is 0.240 e. The van der Waals surface area contributed by atoms with E-state index in [-0.39, 0.29) is 11.4 Å². The molecule has 0 aliphatic heterocycles. The monoisotopic (exact) mass is 274 g/mol. The number of sulfonamides is 1. The highest BCUT2D eigenvalue weighted by Gasteiger charge is 2.17. The van der Waals surface area contributed by atoms with Gasteiger partial charge in [0.2, 0.25) is 10.0 Å². The van der Waals surface area contributed by atoms with E-state index in [4.69, 9.17) is 15.9 Å². The molecule has 1 aromatic rings. The SMILES string of the molecule is Cc1cc(S(=O)(=O)NCC(O)CO)cc(N)c1C. The number of rotatable bonds is 5. The normalized spacial score (nSPS) is 13.6. The molecule has 6 nitrogen and oxygen atoms in total. The van der Waals surface area contributed by atoms with Crippen LogP contribution in [0, 0.1) is 13.8 Å². The summed E-state index contributed by atoms with van der Waals surface area (Å²) in [6.07, 6.45) is -1.12. The van der Waals surface area contributed by atoms with Crippen molar-refractivity contribution in [1.82, 2.24) is 4.72 Å². The van der Waals surface area contributed by atoms with E-state index in [1.807, 2.05) is 6.92 Å². The second kappa shape index (κ2) is 5.66. The Labute approximate surface area is 106 Å². The Balaban J connectivity index is 2.99. The Morgan fingerprint density at radius 3 is 2.50 bits per heavy atom. The van der Waals surface area contributed by atoms with Crippen LogP contribution < -0.4 is 10.5 Å². The first-order valence-corrected chi connectivity index (χ1v) is 6.91. The van der Waals surface area contributed by atoms with Gasteiger partial charge in [0.15, 0.2) is 0 Å². The minimum atomic E-state index is -3.73. The molecule has 0 amide bonds. The lowest BCUT2D eigenvalue weighted by atomic mass is 10.1. The van der Waals surface area contributed by atoms with Gasteiger partial charge in [-0.05, 0) is 37.1 Å². The predicted octanol–water partition coefficient (Wildman–Crippen LogP) is -0.483. The van der Waals surface area contributed by atoms with E-state index >= 15 is 0 Å². The first kappa shape index (κ1) is 14.9. The molecule has 0 aliphatic carbocycles. The standard InChI is InChI=1S/C11H18N2O4S/c1-7-3-10(4-11(12)8(7)2)18(16,17)13-5-9(15)6-14/h3-4,9,13-15H,5-6,12H2,1-2H3. The van der Waals surface area contributed by atoms with E-state index in [1.54, 1.807) is 6.92 Å². The summed E-state index contributed by atoms with van der Waals surface area (Å²) in [4.78, 5) is 0.0493. The minimum Gasteiger partial charge on any atom is -0.398 e. The van der Waals surface area contributed by atoms with Crippen molar-refractivity contribution < 1.29 is 18.6 Å². The largest absolute Gasteiger partial charge is 0.398 e. The molecular weight excluding hydrogens is 256 g/mol. The van der Waals surface area contributed by atoms with Crippen molar-refractivity contribution in [3.8, 4) is 0 Å². The molecule has 0 fully saturated rings. The molecule has 0 saturated carbocycles. The number of aliphatic hydroxyl groups excluding tert-OH is 2. The van der Waals surface area contributed by atoms with Gasteiger partial charge in [-0.2, -0.15) is 0 Å². The fourth-order valence-corrected chi connectivity index (χ4v) is 2.55. The average Bonchev–Trinajstić information content (AvgIpc) is 2.32. The molecule has 0 heterocycles. The third-order valence-corrected chi connectivity index (χ3v) is 4.11. The van der Waals surface area contributed by atoms with Crippen LogP contribution >= 0.6 is 0 Å². The van der Waals surface area contributed by atoms with Gasteiger partial charge in [-0.15, -0.1) is 0 Å². The fraction of sp³-hybridized carbons (Fsp3) is 0.455. The zero-order valence-corrected chi connectivity index (χ0v) is 11.2. The first-order valence-electron chi connectivity index (χ1n) is 5.43. The zero-order chi connectivity index (χ0) is 13.9. The Bertz CT molecular complexity index is 505. The first-order chi connectivity index (χ1) is 8.27. The molecule has 5 N–H and O–H groups in total. The maximum atomic E-state index is 11.9. The van der Waals surface area contributed by atoms with Crippen LogP contribution in [-0.4, -0.2) is 37.9 Å². The van der Waals surface area contributed by atoms with Crippen molar-refractivity contribution in [3.63, 3.8) is 0 Å². The van der Waals surface area contributed by atoms with Gasteiger partial charge >= 0.3 is 0 Å². The van der Waals surface area contributed by atoms with E-state index in [1.165, 1.54) is 12.1 Å². The molecule has 1 atom stereocenters. The molecule has 1 rings (SSSR count). The Morgan fingerprint density at radius 1 is 1.39 bits per heavy atom. The van der Waals surface area contributed by atoms with Crippen molar-refractivity contribution in [2.75, 3.05) is 18.9 Å². The third-order valence-electron chi connectivity index (χ3n) is 2.71. The topological polar surface area (TPSA) is 113 Å². The number of aliphatic hydroxyl groups is 2. The molecule has 1 unspecified atom stereocenters. The lowest BCUT2D eigenvalue weighted by Crippen LogP contribution is -2.34. The van der Waals surface area contributed by atoms with E-state index in [9.17, 15) is 8.42 Å². The highest BCUT2D eigenvalue weighted by Crippen LogP contribution is 2.21. The van der Waals surface area contributed by atoms with Crippen molar-refractivity contribution in [1.29, 1.82) is 0 Å². The van der Waals surface area contributed by atoms with Crippen LogP contribution in [0.4, 0.5) is 5.69 Å². The van der Waals surface area contributed by atoms with Crippen LogP contribution in [-0.2, 0) is 10.0 Å². The second-order valence-electron chi connectivity index (χ2n) is 4.14. The summed E-state index contributed by atoms with van der Waals surface area (Å²) in [6.45, 7) is 2.83. The molecule has 0 aliphatic rings. The van der Waals surface area contributed by atoms with E-state index in [0.29, 0.717) is 5.69 Å². The van der Waals surface area contributed by atoms with Gasteiger partial charge in [0.05, 0.1) is 17.6 Å². The predicted molar refractivity (Wildman–Crippen MR) is 68.6 cm³/mol. The van der Waals surface area contributed by atoms with Crippen LogP contribution in [0.5, 0.6) is 0 Å². The number of aryl methyl sites for hydroxylation is 1. The van der Waals surface area contributed by atoms with Gasteiger partial charge in [0.25, 0.3) is 0 Å². The number of benzene rings is 1. The molecule has 0 saturated heterocycles. The molecule has 0 radical (unpaired) electrons. The highest BCUT2D eigenvalue weighted by molar-refractivity contribution is 7.89. The van der Waals surface area contributed by atoms with Gasteiger partial charge in [-0.3, -0.25) is 0 Å². The number of hydrogen-bond donors (Lipinski definition) is 4. The number of anilines is 1. The van der Waals surface area contributed by atoms with Gasteiger partial charge in [0, 0.05) is 12.2 Å². The van der Waals surface area contributed by atoms with Gasteiger partial charge in [-0.1, -0.05) is 0 Å². The van der Waals surface area contributed by atoms with Crippen molar-refractivity contribution in [2.45, 2.75) is 24.8 Å². The van der Waals surface area contributed by atoms with Crippen molar-refractivity contribution in [3.05, 3.63) is 23.3 Å². The summed E-state index contributed by atoms with van der Waals surface area (Å²) in [5.74, 6) is 0. The molecule has 0 spiro atoms. The average molecular weight is 274 g/mol.